The van der Waals surface area contributed by atoms with E-state index in [2.05, 4.69) is 15.3 Å². The zero-order chi connectivity index (χ0) is 12.6. The van der Waals surface area contributed by atoms with Crippen LogP contribution < -0.4 is 10.1 Å². The molecule has 0 aliphatic carbocycles. The van der Waals surface area contributed by atoms with Crippen molar-refractivity contribution < 1.29 is 4.74 Å². The lowest BCUT2D eigenvalue weighted by Gasteiger charge is -2.22. The molecule has 1 saturated heterocycles. The number of ether oxygens (including phenoxy) is 1. The second-order valence-corrected chi connectivity index (χ2v) is 5.34. The second-order valence-electron chi connectivity index (χ2n) is 4.57. The number of hydrogen-bond acceptors (Lipinski definition) is 5. The molecule has 0 radical (unpaired) electrons. The third-order valence-electron chi connectivity index (χ3n) is 3.26. The minimum atomic E-state index is 0.694. The number of piperidine rings is 1. The van der Waals surface area contributed by atoms with Crippen LogP contribution in [0.3, 0.4) is 0 Å². The van der Waals surface area contributed by atoms with Crippen LogP contribution in [0.5, 0.6) is 5.88 Å². The summed E-state index contributed by atoms with van der Waals surface area (Å²) in [5, 5.41) is 4.16. The lowest BCUT2D eigenvalue weighted by atomic mass is 9.93. The van der Waals surface area contributed by atoms with E-state index in [0.717, 1.165) is 24.1 Å². The monoisotopic (exact) mass is 267 g/mol. The van der Waals surface area contributed by atoms with Crippen molar-refractivity contribution in [1.29, 1.82) is 0 Å². The summed E-state index contributed by atoms with van der Waals surface area (Å²) in [4.78, 5) is 8.42. The predicted molar refractivity (Wildman–Crippen MR) is 74.1 cm³/mol. The van der Waals surface area contributed by atoms with Gasteiger partial charge in [-0.05, 0) is 50.9 Å². The van der Waals surface area contributed by atoms with E-state index >= 15 is 0 Å². The molecule has 1 N–H and O–H groups in total. The second kappa shape index (κ2) is 7.59. The van der Waals surface area contributed by atoms with Gasteiger partial charge in [-0.15, -0.1) is 0 Å². The summed E-state index contributed by atoms with van der Waals surface area (Å²) in [6.07, 6.45) is 8.72. The van der Waals surface area contributed by atoms with E-state index in [-0.39, 0.29) is 0 Å². The molecule has 0 aromatic carbocycles. The Morgan fingerprint density at radius 1 is 1.44 bits per heavy atom. The summed E-state index contributed by atoms with van der Waals surface area (Å²) in [6.45, 7) is 3.11. The molecule has 0 amide bonds. The maximum atomic E-state index is 5.66. The van der Waals surface area contributed by atoms with E-state index in [1.165, 1.54) is 44.1 Å². The summed E-state index contributed by atoms with van der Waals surface area (Å²) < 4.78 is 5.66. The van der Waals surface area contributed by atoms with Crippen molar-refractivity contribution in [2.75, 3.05) is 26.0 Å². The van der Waals surface area contributed by atoms with Crippen LogP contribution in [0.15, 0.2) is 17.4 Å². The summed E-state index contributed by atoms with van der Waals surface area (Å²) in [5.74, 6) is 1.57. The van der Waals surface area contributed by atoms with Gasteiger partial charge in [0.15, 0.2) is 5.16 Å². The number of nitrogens with zero attached hydrogens (tertiary/aromatic N) is 2. The van der Waals surface area contributed by atoms with Crippen LogP contribution in [-0.2, 0) is 0 Å². The van der Waals surface area contributed by atoms with Crippen LogP contribution in [0.2, 0.25) is 0 Å². The predicted octanol–water partition coefficient (Wildman–Crippen LogP) is 2.36. The van der Waals surface area contributed by atoms with Gasteiger partial charge in [0.05, 0.1) is 6.61 Å². The molecule has 1 aromatic rings. The molecule has 0 atom stereocenters. The smallest absolute Gasteiger partial charge is 0.217 e. The van der Waals surface area contributed by atoms with Crippen molar-refractivity contribution in [2.24, 2.45) is 5.92 Å². The molecular formula is C13H21N3OS. The van der Waals surface area contributed by atoms with Gasteiger partial charge in [-0.2, -0.15) is 4.98 Å². The molecule has 0 saturated carbocycles. The molecule has 1 aromatic heterocycles. The van der Waals surface area contributed by atoms with E-state index in [4.69, 9.17) is 4.74 Å². The van der Waals surface area contributed by atoms with Crippen molar-refractivity contribution in [2.45, 2.75) is 30.8 Å². The summed E-state index contributed by atoms with van der Waals surface area (Å²) in [5.41, 5.74) is 0. The van der Waals surface area contributed by atoms with Gasteiger partial charge in [0.25, 0.3) is 0 Å². The fraction of sp³-hybridized carbons (Fsp3) is 0.692. The molecule has 18 heavy (non-hydrogen) atoms. The Balaban J connectivity index is 1.65. The molecule has 1 aliphatic rings. The lowest BCUT2D eigenvalue weighted by molar-refractivity contribution is 0.264. The topological polar surface area (TPSA) is 47.0 Å². The zero-order valence-corrected chi connectivity index (χ0v) is 11.7. The Morgan fingerprint density at radius 3 is 3.06 bits per heavy atom. The number of thioether (sulfide) groups is 1. The molecule has 5 heteroatoms. The van der Waals surface area contributed by atoms with Crippen LogP contribution in [-0.4, -0.2) is 35.9 Å². The lowest BCUT2D eigenvalue weighted by Crippen LogP contribution is -2.27. The van der Waals surface area contributed by atoms with Gasteiger partial charge < -0.3 is 10.1 Å². The van der Waals surface area contributed by atoms with Gasteiger partial charge in [0.1, 0.15) is 0 Å². The summed E-state index contributed by atoms with van der Waals surface area (Å²) in [6, 6.07) is 1.82. The Hall–Kier alpha value is -0.810. The van der Waals surface area contributed by atoms with Crippen molar-refractivity contribution in [3.8, 4) is 5.88 Å². The Bertz CT molecular complexity index is 356. The van der Waals surface area contributed by atoms with Crippen LogP contribution in [0.4, 0.5) is 0 Å². The first kappa shape index (κ1) is 13.6. The maximum absolute atomic E-state index is 5.66. The van der Waals surface area contributed by atoms with Gasteiger partial charge >= 0.3 is 0 Å². The molecule has 0 unspecified atom stereocenters. The highest BCUT2D eigenvalue weighted by molar-refractivity contribution is 7.98. The summed E-state index contributed by atoms with van der Waals surface area (Å²) in [7, 11) is 0. The Labute approximate surface area is 113 Å². The molecule has 0 bridgehead atoms. The normalized spacial score (nSPS) is 16.7. The Kier molecular flexibility index (Phi) is 5.74. The highest BCUT2D eigenvalue weighted by atomic mass is 32.2. The fourth-order valence-electron chi connectivity index (χ4n) is 2.22. The third kappa shape index (κ3) is 4.46. The first-order chi connectivity index (χ1) is 8.88. The van der Waals surface area contributed by atoms with Crippen LogP contribution in [0.25, 0.3) is 0 Å². The fourth-order valence-corrected chi connectivity index (χ4v) is 2.57. The standard InChI is InChI=1S/C13H21N3OS/c1-18-13-15-9-6-12(16-13)17-10-2-3-11-4-7-14-8-5-11/h6,9,11,14H,2-5,7-8,10H2,1H3. The molecule has 1 aliphatic heterocycles. The highest BCUT2D eigenvalue weighted by Gasteiger charge is 2.12. The molecule has 100 valence electrons. The van der Waals surface area contributed by atoms with Crippen molar-refractivity contribution in [3.63, 3.8) is 0 Å². The largest absolute Gasteiger partial charge is 0.478 e. The van der Waals surface area contributed by atoms with E-state index in [9.17, 15) is 0 Å². The molecule has 1 fully saturated rings. The average molecular weight is 267 g/mol. The van der Waals surface area contributed by atoms with Gasteiger partial charge in [0.2, 0.25) is 5.88 Å². The van der Waals surface area contributed by atoms with Gasteiger partial charge in [-0.25, -0.2) is 4.98 Å². The van der Waals surface area contributed by atoms with Crippen molar-refractivity contribution >= 4 is 11.8 Å². The highest BCUT2D eigenvalue weighted by Crippen LogP contribution is 2.18. The number of nitrogens with one attached hydrogen (secondary N) is 1. The van der Waals surface area contributed by atoms with Crippen LogP contribution in [0, 0.1) is 5.92 Å². The maximum Gasteiger partial charge on any atom is 0.217 e. The van der Waals surface area contributed by atoms with E-state index in [1.54, 1.807) is 6.20 Å². The first-order valence-electron chi connectivity index (χ1n) is 6.59. The van der Waals surface area contributed by atoms with Gasteiger partial charge in [0, 0.05) is 12.3 Å². The van der Waals surface area contributed by atoms with Crippen molar-refractivity contribution in [3.05, 3.63) is 12.3 Å². The van der Waals surface area contributed by atoms with Gasteiger partial charge in [-0.1, -0.05) is 11.8 Å². The van der Waals surface area contributed by atoms with Crippen LogP contribution in [0.1, 0.15) is 25.7 Å². The quantitative estimate of drug-likeness (QED) is 0.487. The third-order valence-corrected chi connectivity index (χ3v) is 3.82. The average Bonchev–Trinajstić information content (AvgIpc) is 2.45. The van der Waals surface area contributed by atoms with Crippen LogP contribution >= 0.6 is 11.8 Å². The van der Waals surface area contributed by atoms with E-state index in [0.29, 0.717) is 5.88 Å². The molecule has 4 nitrogen and oxygen atoms in total. The van der Waals surface area contributed by atoms with Gasteiger partial charge in [-0.3, -0.25) is 0 Å². The number of aromatic nitrogens is 2. The zero-order valence-electron chi connectivity index (χ0n) is 10.9. The minimum Gasteiger partial charge on any atom is -0.478 e. The molecule has 2 rings (SSSR count). The SMILES string of the molecule is CSc1nccc(OCCCC2CCNCC2)n1. The first-order valence-corrected chi connectivity index (χ1v) is 7.81. The van der Waals surface area contributed by atoms with E-state index < -0.39 is 0 Å². The Morgan fingerprint density at radius 2 is 2.28 bits per heavy atom. The molecule has 0 spiro atoms. The van der Waals surface area contributed by atoms with Crippen molar-refractivity contribution in [1.82, 2.24) is 15.3 Å². The summed E-state index contributed by atoms with van der Waals surface area (Å²) >= 11 is 1.54. The number of rotatable bonds is 6. The minimum absolute atomic E-state index is 0.694. The number of hydrogen-bond donors (Lipinski definition) is 1. The molecule has 2 heterocycles. The molecular weight excluding hydrogens is 246 g/mol. The van der Waals surface area contributed by atoms with E-state index in [1.807, 2.05) is 12.3 Å².